The Morgan fingerprint density at radius 2 is 1.79 bits per heavy atom. The Morgan fingerprint density at radius 3 is 2.53 bits per heavy atom. The van der Waals surface area contributed by atoms with Gasteiger partial charge in [-0.15, -0.1) is 0 Å². The molecule has 2 aromatic carbocycles. The molecule has 4 atom stereocenters. The molecule has 0 aliphatic carbocycles. The Balaban J connectivity index is 0.724. The predicted molar refractivity (Wildman–Crippen MR) is 267 cm³/mol. The lowest BCUT2D eigenvalue weighted by molar-refractivity contribution is -0.145. The normalized spacial score (nSPS) is 18.4. The van der Waals surface area contributed by atoms with Crippen molar-refractivity contribution < 1.29 is 52.1 Å². The number of carbonyl (C=O) groups is 6. The zero-order chi connectivity index (χ0) is 51.1. The Hall–Kier alpha value is -6.87. The van der Waals surface area contributed by atoms with E-state index in [1.165, 1.54) is 28.7 Å². The van der Waals surface area contributed by atoms with E-state index in [4.69, 9.17) is 15.2 Å². The van der Waals surface area contributed by atoms with Gasteiger partial charge in [-0.2, -0.15) is 0 Å². The van der Waals surface area contributed by atoms with Gasteiger partial charge in [0, 0.05) is 97.3 Å². The Bertz CT molecular complexity index is 2880. The number of nitrogens with zero attached hydrogens (tertiary/aromatic N) is 5. The molecule has 3 aliphatic heterocycles. The van der Waals surface area contributed by atoms with Crippen LogP contribution in [0, 0.1) is 5.92 Å². The minimum absolute atomic E-state index is 0.00216. The number of carbonyl (C=O) groups excluding carboxylic acids is 5. The van der Waals surface area contributed by atoms with Crippen LogP contribution >= 0.6 is 21.6 Å². The first-order chi connectivity index (χ1) is 34.5. The first kappa shape index (κ1) is 51.5. The van der Waals surface area contributed by atoms with Crippen LogP contribution in [0.3, 0.4) is 0 Å². The summed E-state index contributed by atoms with van der Waals surface area (Å²) < 4.78 is 38.5. The zero-order valence-corrected chi connectivity index (χ0v) is 41.2. The molecule has 0 saturated carbocycles. The van der Waals surface area contributed by atoms with Crippen molar-refractivity contribution in [2.24, 2.45) is 5.92 Å². The number of carboxylic acids is 1. The largest absolute Gasteiger partial charge is 0.480 e. The summed E-state index contributed by atoms with van der Waals surface area (Å²) in [7, 11) is 4.19. The molecule has 5 N–H and O–H groups in total. The highest BCUT2D eigenvalue weighted by Gasteiger charge is 2.48. The third-order valence-corrected chi connectivity index (χ3v) is 15.5. The number of hydrogen-bond acceptors (Lipinski definition) is 14. The number of alkyl halides is 2. The van der Waals surface area contributed by atoms with E-state index >= 15 is 0 Å². The van der Waals surface area contributed by atoms with Gasteiger partial charge in [-0.1, -0.05) is 51.9 Å². The summed E-state index contributed by atoms with van der Waals surface area (Å²) in [5.74, 6) is -6.07. The van der Waals surface area contributed by atoms with Crippen molar-refractivity contribution in [1.82, 2.24) is 35.4 Å². The lowest BCUT2D eigenvalue weighted by atomic mass is 9.98. The van der Waals surface area contributed by atoms with Crippen molar-refractivity contribution in [2.45, 2.75) is 95.6 Å². The van der Waals surface area contributed by atoms with Crippen LogP contribution in [-0.2, 0) is 59.6 Å². The molecule has 1 unspecified atom stereocenters. The second kappa shape index (κ2) is 22.7. The number of anilines is 1. The van der Waals surface area contributed by atoms with Crippen LogP contribution < -0.4 is 21.1 Å². The highest BCUT2D eigenvalue weighted by molar-refractivity contribution is 8.76. The lowest BCUT2D eigenvalue weighted by Gasteiger charge is -2.24. The maximum absolute atomic E-state index is 13.9. The summed E-state index contributed by atoms with van der Waals surface area (Å²) in [4.78, 5) is 92.9. The van der Waals surface area contributed by atoms with E-state index in [1.54, 1.807) is 36.5 Å². The SMILES string of the molecule is COc1ncc(-c2ccc3nccc(-c4ccc(COC(=O)CCCSSCC(NC(=O)CCc5cccc6c5CN(C(=O)C[C@@H]5C[C@@H](C(=O)N7CC(F)(F)C[C@H]7C)NC5=O)C6)C(=O)O)nc4)c3c2)cc1N. The number of aromatic nitrogens is 3. The second-order valence-electron chi connectivity index (χ2n) is 18.2. The van der Waals surface area contributed by atoms with E-state index < -0.39 is 66.6 Å². The number of nitrogen functional groups attached to an aromatic ring is 1. The van der Waals surface area contributed by atoms with Crippen LogP contribution in [0.1, 0.15) is 67.8 Å². The van der Waals surface area contributed by atoms with Crippen molar-refractivity contribution >= 4 is 73.7 Å². The van der Waals surface area contributed by atoms with Gasteiger partial charge in [-0.05, 0) is 84.3 Å². The number of likely N-dealkylation sites (tertiary alicyclic amines) is 1. The fourth-order valence-corrected chi connectivity index (χ4v) is 11.5. The minimum Gasteiger partial charge on any atom is -0.480 e. The topological polar surface area (TPSA) is 236 Å². The molecular formula is C51H54F2N8O9S2. The van der Waals surface area contributed by atoms with Gasteiger partial charge < -0.3 is 40.7 Å². The average Bonchev–Trinajstić information content (AvgIpc) is 4.06. The first-order valence-corrected chi connectivity index (χ1v) is 26.0. The molecule has 2 fully saturated rings. The van der Waals surface area contributed by atoms with E-state index in [0.717, 1.165) is 54.7 Å². The molecule has 2 saturated heterocycles. The fourth-order valence-electron chi connectivity index (χ4n) is 9.24. The number of pyridine rings is 3. The molecule has 17 nitrogen and oxygen atoms in total. The monoisotopic (exact) mass is 1020 g/mol. The van der Waals surface area contributed by atoms with Gasteiger partial charge in [0.1, 0.15) is 18.7 Å². The van der Waals surface area contributed by atoms with Crippen LogP contribution in [0.4, 0.5) is 14.5 Å². The molecule has 4 amide bonds. The summed E-state index contributed by atoms with van der Waals surface area (Å²) in [6, 6.07) is 16.2. The first-order valence-electron chi connectivity index (χ1n) is 23.5. The maximum atomic E-state index is 13.9. The van der Waals surface area contributed by atoms with Gasteiger partial charge in [-0.25, -0.2) is 18.6 Å². The number of carboxylic acid groups (broad SMARTS) is 1. The Morgan fingerprint density at radius 1 is 0.986 bits per heavy atom. The van der Waals surface area contributed by atoms with Crippen LogP contribution in [-0.4, -0.2) is 115 Å². The van der Waals surface area contributed by atoms with Crippen molar-refractivity contribution in [3.05, 3.63) is 102 Å². The fraction of sp³-hybridized carbons (Fsp3) is 0.392. The zero-order valence-electron chi connectivity index (χ0n) is 39.6. The molecule has 378 valence electrons. The molecule has 5 aromatic rings. The minimum atomic E-state index is -2.98. The highest BCUT2D eigenvalue weighted by Crippen LogP contribution is 2.36. The molecule has 0 spiro atoms. The number of nitrogens with one attached hydrogen (secondary N) is 2. The Kier molecular flexibility index (Phi) is 16.2. The molecule has 0 bridgehead atoms. The number of aryl methyl sites for hydroxylation is 1. The number of ether oxygens (including phenoxy) is 2. The number of amides is 4. The lowest BCUT2D eigenvalue weighted by Crippen LogP contribution is -2.46. The summed E-state index contributed by atoms with van der Waals surface area (Å²) >= 11 is 0. The van der Waals surface area contributed by atoms with Crippen molar-refractivity contribution in [1.29, 1.82) is 0 Å². The second-order valence-corrected chi connectivity index (χ2v) is 20.8. The van der Waals surface area contributed by atoms with E-state index in [2.05, 4.69) is 25.6 Å². The van der Waals surface area contributed by atoms with Gasteiger partial charge in [0.2, 0.25) is 29.5 Å². The van der Waals surface area contributed by atoms with Crippen LogP contribution in [0.2, 0.25) is 0 Å². The summed E-state index contributed by atoms with van der Waals surface area (Å²) in [5.41, 5.74) is 14.1. The van der Waals surface area contributed by atoms with E-state index in [1.807, 2.05) is 54.6 Å². The molecule has 3 aromatic heterocycles. The van der Waals surface area contributed by atoms with Gasteiger partial charge in [0.15, 0.2) is 0 Å². The number of benzene rings is 2. The van der Waals surface area contributed by atoms with Crippen LogP contribution in [0.25, 0.3) is 33.2 Å². The summed E-state index contributed by atoms with van der Waals surface area (Å²) in [6.07, 6.45) is 5.60. The number of halogens is 2. The van der Waals surface area contributed by atoms with Crippen LogP contribution in [0.15, 0.2) is 79.3 Å². The third kappa shape index (κ3) is 12.4. The number of aliphatic carboxylic acids is 1. The quantitative estimate of drug-likeness (QED) is 0.0378. The predicted octanol–water partition coefficient (Wildman–Crippen LogP) is 6.35. The number of rotatable bonds is 20. The molecular weight excluding hydrogens is 971 g/mol. The van der Waals surface area contributed by atoms with Gasteiger partial charge >= 0.3 is 11.9 Å². The molecule has 72 heavy (non-hydrogen) atoms. The third-order valence-electron chi connectivity index (χ3n) is 13.0. The van der Waals surface area contributed by atoms with E-state index in [0.29, 0.717) is 42.4 Å². The molecule has 0 radical (unpaired) electrons. The van der Waals surface area contributed by atoms with Gasteiger partial charge in [0.25, 0.3) is 5.92 Å². The molecule has 3 aliphatic rings. The molecule has 21 heteroatoms. The number of hydrogen-bond donors (Lipinski definition) is 4. The smallest absolute Gasteiger partial charge is 0.327 e. The standard InChI is InChI=1S/C51H54F2N8O9S2/c1-29-21-51(52,53)28-61(29)49(66)42-19-34(47(65)59-42)20-45(63)60-24-33-6-3-5-30(39(33)25-60)10-13-44(62)58-43(50(67)68)27-72-71-16-4-7-46(64)70-26-36-11-8-32(22-56-36)37-14-15-55-41-12-9-31(17-38(37)41)35-18-40(54)48(69-2)57-23-35/h3,5-6,8-9,11-12,14-15,17-18,22-23,29,34,42-43H,4,7,10,13,16,19-21,24-28,54H2,1-2H3,(H,58,62)(H,59,65)(H,67,68)/t29-,34+,42+,43?/m1/s1. The van der Waals surface area contributed by atoms with Gasteiger partial charge in [-0.3, -0.25) is 33.9 Å². The van der Waals surface area contributed by atoms with Crippen molar-refractivity contribution in [2.75, 3.05) is 30.9 Å². The molecule has 8 rings (SSSR count). The number of nitrogens with two attached hydrogens (primary N) is 1. The highest BCUT2D eigenvalue weighted by atomic mass is 33.1. The van der Waals surface area contributed by atoms with E-state index in [-0.39, 0.29) is 56.5 Å². The number of esters is 1. The number of fused-ring (bicyclic) bond motifs is 2. The van der Waals surface area contributed by atoms with E-state index in [9.17, 15) is 42.7 Å². The van der Waals surface area contributed by atoms with Gasteiger partial charge in [0.05, 0.1) is 30.6 Å². The van der Waals surface area contributed by atoms with Crippen molar-refractivity contribution in [3.8, 4) is 28.1 Å². The maximum Gasteiger partial charge on any atom is 0.327 e. The number of methoxy groups -OCH3 is 1. The average molecular weight is 1030 g/mol. The summed E-state index contributed by atoms with van der Waals surface area (Å²) in [6.45, 7) is 1.41. The Labute approximate surface area is 421 Å². The molecule has 6 heterocycles. The van der Waals surface area contributed by atoms with Crippen molar-refractivity contribution in [3.63, 3.8) is 0 Å². The summed E-state index contributed by atoms with van der Waals surface area (Å²) in [5, 5.41) is 16.0. The van der Waals surface area contributed by atoms with Crippen LogP contribution in [0.5, 0.6) is 5.88 Å².